The second kappa shape index (κ2) is 6.16. The summed E-state index contributed by atoms with van der Waals surface area (Å²) in [7, 11) is 1.99. The quantitative estimate of drug-likeness (QED) is 0.778. The Kier molecular flexibility index (Phi) is 4.55. The van der Waals surface area contributed by atoms with Crippen LogP contribution in [0.4, 0.5) is 10.1 Å². The molecule has 1 heterocycles. The molecule has 2 rings (SSSR count). The van der Waals surface area contributed by atoms with E-state index >= 15 is 0 Å². The van der Waals surface area contributed by atoms with E-state index in [0.717, 1.165) is 29.4 Å². The third kappa shape index (κ3) is 3.43. The Bertz CT molecular complexity index is 498. The first-order chi connectivity index (χ1) is 8.69. The third-order valence-electron chi connectivity index (χ3n) is 2.66. The summed E-state index contributed by atoms with van der Waals surface area (Å²) < 4.78 is 12.8. The Morgan fingerprint density at radius 1 is 1.33 bits per heavy atom. The van der Waals surface area contributed by atoms with Crippen LogP contribution in [0.25, 0.3) is 0 Å². The van der Waals surface area contributed by atoms with Crippen molar-refractivity contribution in [1.82, 2.24) is 4.98 Å². The molecular weight excluding hydrogens is 271 g/mol. The molecule has 1 aromatic carbocycles. The average Bonchev–Trinajstić information content (AvgIpc) is 2.85. The van der Waals surface area contributed by atoms with E-state index in [0.29, 0.717) is 5.88 Å². The second-order valence-corrected chi connectivity index (χ2v) is 5.22. The molecule has 2 aromatic rings. The van der Waals surface area contributed by atoms with Gasteiger partial charge in [-0.2, -0.15) is 0 Å². The molecule has 0 amide bonds. The fourth-order valence-corrected chi connectivity index (χ4v) is 2.63. The van der Waals surface area contributed by atoms with Crippen molar-refractivity contribution < 1.29 is 4.39 Å². The van der Waals surface area contributed by atoms with Crippen LogP contribution >= 0.6 is 22.9 Å². The van der Waals surface area contributed by atoms with Crippen LogP contribution in [-0.4, -0.2) is 18.6 Å². The largest absolute Gasteiger partial charge is 0.374 e. The van der Waals surface area contributed by atoms with Gasteiger partial charge in [0.25, 0.3) is 0 Å². The normalized spacial score (nSPS) is 10.6. The van der Waals surface area contributed by atoms with Crippen LogP contribution in [0.2, 0.25) is 0 Å². The summed E-state index contributed by atoms with van der Waals surface area (Å²) in [5.41, 5.74) is 1.94. The highest BCUT2D eigenvalue weighted by Crippen LogP contribution is 2.16. The number of thiazole rings is 1. The van der Waals surface area contributed by atoms with Gasteiger partial charge in [0.15, 0.2) is 0 Å². The van der Waals surface area contributed by atoms with Gasteiger partial charge in [-0.05, 0) is 24.3 Å². The maximum atomic E-state index is 12.8. The molecule has 0 aliphatic heterocycles. The van der Waals surface area contributed by atoms with Crippen LogP contribution in [0, 0.1) is 5.82 Å². The highest BCUT2D eigenvalue weighted by molar-refractivity contribution is 7.09. The Hall–Kier alpha value is -1.13. The van der Waals surface area contributed by atoms with Gasteiger partial charge in [-0.25, -0.2) is 9.37 Å². The summed E-state index contributed by atoms with van der Waals surface area (Å²) in [6.45, 7) is 0.848. The molecule has 0 fully saturated rings. The molecule has 2 nitrogen and oxygen atoms in total. The lowest BCUT2D eigenvalue weighted by Gasteiger charge is -2.18. The molecule has 0 saturated carbocycles. The minimum atomic E-state index is -0.209. The number of rotatable bonds is 5. The highest BCUT2D eigenvalue weighted by atomic mass is 35.5. The van der Waals surface area contributed by atoms with Gasteiger partial charge in [0, 0.05) is 31.1 Å². The molecule has 0 aliphatic rings. The van der Waals surface area contributed by atoms with E-state index in [-0.39, 0.29) is 5.82 Å². The van der Waals surface area contributed by atoms with E-state index in [1.54, 1.807) is 23.5 Å². The van der Waals surface area contributed by atoms with Crippen molar-refractivity contribution in [3.63, 3.8) is 0 Å². The predicted octanol–water partition coefficient (Wildman–Crippen LogP) is 3.70. The molecule has 0 radical (unpaired) electrons. The summed E-state index contributed by atoms with van der Waals surface area (Å²) in [6.07, 6.45) is 0.870. The fourth-order valence-electron chi connectivity index (χ4n) is 1.61. The van der Waals surface area contributed by atoms with Crippen LogP contribution in [-0.2, 0) is 12.3 Å². The summed E-state index contributed by atoms with van der Waals surface area (Å²) in [5, 5.41) is 3.07. The monoisotopic (exact) mass is 284 g/mol. The minimum absolute atomic E-state index is 0.209. The molecule has 5 heteroatoms. The molecule has 0 bridgehead atoms. The van der Waals surface area contributed by atoms with Gasteiger partial charge in [0.2, 0.25) is 0 Å². The molecule has 0 N–H and O–H groups in total. The van der Waals surface area contributed by atoms with Crippen LogP contribution in [0.3, 0.4) is 0 Å². The first-order valence-corrected chi connectivity index (χ1v) is 7.06. The number of hydrogen-bond donors (Lipinski definition) is 0. The van der Waals surface area contributed by atoms with Crippen molar-refractivity contribution in [2.75, 3.05) is 18.5 Å². The number of aromatic nitrogens is 1. The number of benzene rings is 1. The number of hydrogen-bond acceptors (Lipinski definition) is 3. The molecule has 18 heavy (non-hydrogen) atoms. The van der Waals surface area contributed by atoms with Gasteiger partial charge in [-0.1, -0.05) is 0 Å². The highest BCUT2D eigenvalue weighted by Gasteiger charge is 2.05. The van der Waals surface area contributed by atoms with Crippen LogP contribution < -0.4 is 4.90 Å². The fraction of sp³-hybridized carbons (Fsp3) is 0.308. The number of alkyl halides is 1. The van der Waals surface area contributed by atoms with E-state index in [9.17, 15) is 4.39 Å². The maximum absolute atomic E-state index is 12.8. The lowest BCUT2D eigenvalue weighted by molar-refractivity contribution is 0.627. The molecular formula is C13H14ClFN2S. The standard InChI is InChI=1S/C13H14ClFN2S/c1-17(12-4-2-10(15)3-5-12)7-6-13-16-11(8-14)9-18-13/h2-5,9H,6-8H2,1H3. The van der Waals surface area contributed by atoms with Crippen LogP contribution in [0.1, 0.15) is 10.7 Å². The van der Waals surface area contributed by atoms with Crippen molar-refractivity contribution in [1.29, 1.82) is 0 Å². The summed E-state index contributed by atoms with van der Waals surface area (Å²) in [5.74, 6) is 0.253. The second-order valence-electron chi connectivity index (χ2n) is 4.01. The first kappa shape index (κ1) is 13.3. The Morgan fingerprint density at radius 2 is 2.06 bits per heavy atom. The summed E-state index contributed by atoms with van der Waals surface area (Å²) in [6, 6.07) is 6.50. The van der Waals surface area contributed by atoms with Crippen molar-refractivity contribution in [2.45, 2.75) is 12.3 Å². The van der Waals surface area contributed by atoms with Gasteiger partial charge >= 0.3 is 0 Å². The SMILES string of the molecule is CN(CCc1nc(CCl)cs1)c1ccc(F)cc1. The molecule has 96 valence electrons. The lowest BCUT2D eigenvalue weighted by Crippen LogP contribution is -2.20. The molecule has 0 saturated heterocycles. The van der Waals surface area contributed by atoms with Gasteiger partial charge < -0.3 is 4.90 Å². The molecule has 0 spiro atoms. The van der Waals surface area contributed by atoms with E-state index in [1.165, 1.54) is 12.1 Å². The molecule has 0 unspecified atom stereocenters. The van der Waals surface area contributed by atoms with E-state index < -0.39 is 0 Å². The maximum Gasteiger partial charge on any atom is 0.123 e. The van der Waals surface area contributed by atoms with Crippen molar-refractivity contribution in [2.24, 2.45) is 0 Å². The van der Waals surface area contributed by atoms with E-state index in [1.807, 2.05) is 12.4 Å². The zero-order chi connectivity index (χ0) is 13.0. The zero-order valence-electron chi connectivity index (χ0n) is 10.1. The Balaban J connectivity index is 1.91. The van der Waals surface area contributed by atoms with Gasteiger partial charge in [-0.15, -0.1) is 22.9 Å². The van der Waals surface area contributed by atoms with Crippen molar-refractivity contribution in [3.05, 3.63) is 46.2 Å². The van der Waals surface area contributed by atoms with Crippen molar-refractivity contribution in [3.8, 4) is 0 Å². The van der Waals surface area contributed by atoms with Gasteiger partial charge in [-0.3, -0.25) is 0 Å². The van der Waals surface area contributed by atoms with Crippen LogP contribution in [0.15, 0.2) is 29.6 Å². The summed E-state index contributed by atoms with van der Waals surface area (Å²) >= 11 is 7.34. The number of nitrogens with zero attached hydrogens (tertiary/aromatic N) is 2. The minimum Gasteiger partial charge on any atom is -0.374 e. The Labute approximate surface area is 115 Å². The Morgan fingerprint density at radius 3 is 2.67 bits per heavy atom. The van der Waals surface area contributed by atoms with Gasteiger partial charge in [0.1, 0.15) is 5.82 Å². The molecule has 0 aliphatic carbocycles. The van der Waals surface area contributed by atoms with E-state index in [4.69, 9.17) is 11.6 Å². The third-order valence-corrected chi connectivity index (χ3v) is 3.90. The average molecular weight is 285 g/mol. The molecule has 1 aromatic heterocycles. The number of likely N-dealkylation sites (N-methyl/N-ethyl adjacent to an activating group) is 1. The molecule has 0 atom stereocenters. The lowest BCUT2D eigenvalue weighted by atomic mass is 10.3. The number of anilines is 1. The van der Waals surface area contributed by atoms with Gasteiger partial charge in [0.05, 0.1) is 16.6 Å². The zero-order valence-corrected chi connectivity index (χ0v) is 11.6. The summed E-state index contributed by atoms with van der Waals surface area (Å²) in [4.78, 5) is 6.49. The van der Waals surface area contributed by atoms with Crippen molar-refractivity contribution >= 4 is 28.6 Å². The predicted molar refractivity (Wildman–Crippen MR) is 75.0 cm³/mol. The number of halogens is 2. The first-order valence-electron chi connectivity index (χ1n) is 5.65. The van der Waals surface area contributed by atoms with E-state index in [2.05, 4.69) is 9.88 Å². The topological polar surface area (TPSA) is 16.1 Å². The van der Waals surface area contributed by atoms with Crippen LogP contribution in [0.5, 0.6) is 0 Å². The smallest absolute Gasteiger partial charge is 0.123 e.